The van der Waals surface area contributed by atoms with E-state index >= 15 is 0 Å². The number of hydrogen-bond donors (Lipinski definition) is 0. The van der Waals surface area contributed by atoms with Crippen LogP contribution in [0.1, 0.15) is 22.1 Å². The molecule has 0 heterocycles. The van der Waals surface area contributed by atoms with E-state index in [2.05, 4.69) is 102 Å². The molecular formula is C14H9Br3ClI. The molecule has 19 heavy (non-hydrogen) atoms. The summed E-state index contributed by atoms with van der Waals surface area (Å²) in [7, 11) is 0. The highest BCUT2D eigenvalue weighted by Crippen LogP contribution is 2.39. The van der Waals surface area contributed by atoms with Crippen LogP contribution >= 0.6 is 82.0 Å². The van der Waals surface area contributed by atoms with Crippen LogP contribution in [0.5, 0.6) is 0 Å². The van der Waals surface area contributed by atoms with Gasteiger partial charge < -0.3 is 0 Å². The topological polar surface area (TPSA) is 0 Å². The standard InChI is InChI=1S/C14H9Br3ClI/c1-7-4-13(17)10(6-12(7)16)14(18)9-5-8(19)2-3-11(9)15/h2-6,14H,1H3. The summed E-state index contributed by atoms with van der Waals surface area (Å²) in [6.07, 6.45) is 0. The second-order valence-corrected chi connectivity index (χ2v) is 8.40. The summed E-state index contributed by atoms with van der Waals surface area (Å²) in [5.41, 5.74) is 3.31. The van der Waals surface area contributed by atoms with E-state index in [-0.39, 0.29) is 5.38 Å². The molecule has 100 valence electrons. The number of rotatable bonds is 2. The fraction of sp³-hybridized carbons (Fsp3) is 0.143. The lowest BCUT2D eigenvalue weighted by atomic mass is 10.0. The van der Waals surface area contributed by atoms with E-state index in [0.29, 0.717) is 0 Å². The van der Waals surface area contributed by atoms with E-state index in [1.807, 2.05) is 6.07 Å². The van der Waals surface area contributed by atoms with Crippen LogP contribution in [0, 0.1) is 10.5 Å². The molecule has 0 saturated carbocycles. The van der Waals surface area contributed by atoms with E-state index in [1.54, 1.807) is 0 Å². The zero-order valence-electron chi connectivity index (χ0n) is 9.85. The summed E-state index contributed by atoms with van der Waals surface area (Å²) < 4.78 is 4.29. The Kier molecular flexibility index (Phi) is 5.80. The molecule has 2 aromatic carbocycles. The van der Waals surface area contributed by atoms with E-state index in [9.17, 15) is 0 Å². The average molecular weight is 579 g/mol. The second kappa shape index (κ2) is 6.77. The largest absolute Gasteiger partial charge is 0.113 e. The van der Waals surface area contributed by atoms with Crippen LogP contribution in [0.4, 0.5) is 0 Å². The van der Waals surface area contributed by atoms with Crippen LogP contribution in [0.3, 0.4) is 0 Å². The monoisotopic (exact) mass is 576 g/mol. The molecule has 0 N–H and O–H groups in total. The Balaban J connectivity index is 2.52. The predicted molar refractivity (Wildman–Crippen MR) is 101 cm³/mol. The minimum atomic E-state index is -0.199. The number of benzene rings is 2. The van der Waals surface area contributed by atoms with Gasteiger partial charge in [-0.1, -0.05) is 47.8 Å². The number of alkyl halides is 1. The Bertz CT molecular complexity index is 628. The van der Waals surface area contributed by atoms with Crippen molar-refractivity contribution in [1.29, 1.82) is 0 Å². The Labute approximate surface area is 156 Å². The summed E-state index contributed by atoms with van der Waals surface area (Å²) in [5, 5.41) is -0.199. The maximum absolute atomic E-state index is 6.65. The summed E-state index contributed by atoms with van der Waals surface area (Å²) in [5.74, 6) is 0. The molecule has 5 heteroatoms. The first-order valence-corrected chi connectivity index (χ1v) is 9.34. The van der Waals surface area contributed by atoms with Crippen molar-refractivity contribution in [1.82, 2.24) is 0 Å². The fourth-order valence-electron chi connectivity index (χ4n) is 1.73. The van der Waals surface area contributed by atoms with Crippen LogP contribution in [0.25, 0.3) is 0 Å². The molecule has 0 fully saturated rings. The van der Waals surface area contributed by atoms with E-state index in [4.69, 9.17) is 11.6 Å². The second-order valence-electron chi connectivity index (χ2n) is 4.15. The molecule has 0 nitrogen and oxygen atoms in total. The van der Waals surface area contributed by atoms with Gasteiger partial charge in [0.25, 0.3) is 0 Å². The molecule has 0 spiro atoms. The first-order chi connectivity index (χ1) is 8.90. The minimum absolute atomic E-state index is 0.199. The summed E-state index contributed by atoms with van der Waals surface area (Å²) in [6, 6.07) is 10.3. The minimum Gasteiger partial charge on any atom is -0.113 e. The highest BCUT2D eigenvalue weighted by atomic mass is 127. The van der Waals surface area contributed by atoms with Gasteiger partial charge in [-0.05, 0) is 76.5 Å². The van der Waals surface area contributed by atoms with Gasteiger partial charge in [-0.2, -0.15) is 0 Å². The third-order valence-corrected chi connectivity index (χ3v) is 6.19. The number of hydrogen-bond acceptors (Lipinski definition) is 0. The molecule has 0 radical (unpaired) electrons. The van der Waals surface area contributed by atoms with Crippen molar-refractivity contribution < 1.29 is 0 Å². The van der Waals surface area contributed by atoms with Crippen molar-refractivity contribution in [3.63, 3.8) is 0 Å². The van der Waals surface area contributed by atoms with Crippen LogP contribution < -0.4 is 0 Å². The van der Waals surface area contributed by atoms with Crippen molar-refractivity contribution in [2.75, 3.05) is 0 Å². The molecule has 0 aliphatic carbocycles. The van der Waals surface area contributed by atoms with Crippen molar-refractivity contribution in [2.45, 2.75) is 12.3 Å². The first kappa shape index (κ1) is 16.3. The molecule has 1 unspecified atom stereocenters. The van der Waals surface area contributed by atoms with Gasteiger partial charge in [0.05, 0.1) is 5.38 Å². The predicted octanol–water partition coefficient (Wildman–Crippen LogP) is 7.22. The van der Waals surface area contributed by atoms with Crippen molar-refractivity contribution in [2.24, 2.45) is 0 Å². The van der Waals surface area contributed by atoms with Crippen molar-refractivity contribution in [3.05, 3.63) is 64.0 Å². The quantitative estimate of drug-likeness (QED) is 0.261. The maximum atomic E-state index is 6.65. The Morgan fingerprint density at radius 3 is 2.26 bits per heavy atom. The summed E-state index contributed by atoms with van der Waals surface area (Å²) in [4.78, 5) is 0. The Morgan fingerprint density at radius 2 is 1.58 bits per heavy atom. The van der Waals surface area contributed by atoms with Gasteiger partial charge in [0.2, 0.25) is 0 Å². The Morgan fingerprint density at radius 1 is 0.947 bits per heavy atom. The fourth-order valence-corrected chi connectivity index (χ4v) is 4.40. The lowest BCUT2D eigenvalue weighted by molar-refractivity contribution is 1.10. The number of aryl methyl sites for hydroxylation is 1. The van der Waals surface area contributed by atoms with E-state index in [1.165, 1.54) is 9.13 Å². The molecule has 0 saturated heterocycles. The molecule has 2 rings (SSSR count). The van der Waals surface area contributed by atoms with Gasteiger partial charge in [-0.25, -0.2) is 0 Å². The van der Waals surface area contributed by atoms with Crippen molar-refractivity contribution in [3.8, 4) is 0 Å². The highest BCUT2D eigenvalue weighted by Gasteiger charge is 2.18. The zero-order valence-corrected chi connectivity index (χ0v) is 17.5. The summed E-state index contributed by atoms with van der Waals surface area (Å²) in [6.45, 7) is 2.06. The van der Waals surface area contributed by atoms with E-state index in [0.717, 1.165) is 24.5 Å². The SMILES string of the molecule is Cc1cc(Br)c(C(Cl)c2cc(I)ccc2Br)cc1Br. The lowest BCUT2D eigenvalue weighted by Gasteiger charge is -2.16. The number of halogens is 5. The lowest BCUT2D eigenvalue weighted by Crippen LogP contribution is -1.97. The van der Waals surface area contributed by atoms with Crippen LogP contribution in [0.15, 0.2) is 43.7 Å². The first-order valence-electron chi connectivity index (χ1n) is 5.44. The van der Waals surface area contributed by atoms with Crippen LogP contribution in [-0.4, -0.2) is 0 Å². The molecule has 0 aromatic heterocycles. The van der Waals surface area contributed by atoms with Gasteiger partial charge in [0.1, 0.15) is 0 Å². The van der Waals surface area contributed by atoms with Crippen LogP contribution in [0.2, 0.25) is 0 Å². The van der Waals surface area contributed by atoms with E-state index < -0.39 is 0 Å². The average Bonchev–Trinajstić information content (AvgIpc) is 2.36. The molecular weight excluding hydrogens is 570 g/mol. The zero-order chi connectivity index (χ0) is 14.2. The molecule has 0 amide bonds. The maximum Gasteiger partial charge on any atom is 0.0857 e. The Hall–Kier alpha value is 0.900. The molecule has 0 aliphatic rings. The smallest absolute Gasteiger partial charge is 0.0857 e. The normalized spacial score (nSPS) is 12.5. The third kappa shape index (κ3) is 3.76. The van der Waals surface area contributed by atoms with Gasteiger partial charge in [0, 0.05) is 17.0 Å². The molecule has 0 bridgehead atoms. The van der Waals surface area contributed by atoms with Gasteiger partial charge >= 0.3 is 0 Å². The van der Waals surface area contributed by atoms with Gasteiger partial charge in [-0.3, -0.25) is 0 Å². The van der Waals surface area contributed by atoms with Gasteiger partial charge in [-0.15, -0.1) is 11.6 Å². The third-order valence-electron chi connectivity index (χ3n) is 2.78. The summed E-state index contributed by atoms with van der Waals surface area (Å²) >= 11 is 19.7. The molecule has 0 aliphatic heterocycles. The van der Waals surface area contributed by atoms with Crippen molar-refractivity contribution >= 4 is 82.0 Å². The molecule has 2 aromatic rings. The highest BCUT2D eigenvalue weighted by molar-refractivity contribution is 14.1. The van der Waals surface area contributed by atoms with Crippen LogP contribution in [-0.2, 0) is 0 Å². The molecule has 1 atom stereocenters. The van der Waals surface area contributed by atoms with Gasteiger partial charge in [0.15, 0.2) is 0 Å².